The average molecular weight is 386 g/mol. The molecule has 6 heteroatoms. The van der Waals surface area contributed by atoms with Crippen molar-refractivity contribution in [1.82, 2.24) is 4.98 Å². The topological polar surface area (TPSA) is 54.0 Å². The monoisotopic (exact) mass is 385 g/mol. The average Bonchev–Trinajstić information content (AvgIpc) is 3.03. The molecule has 0 radical (unpaired) electrons. The predicted molar refractivity (Wildman–Crippen MR) is 109 cm³/mol. The Hall–Kier alpha value is -2.37. The number of hydrogen-bond acceptors (Lipinski definition) is 4. The maximum absolute atomic E-state index is 12.1. The second-order valence-corrected chi connectivity index (χ2v) is 7.71. The molecule has 0 saturated heterocycles. The number of nitrogens with zero attached hydrogens (tertiary/aromatic N) is 1. The zero-order chi connectivity index (χ0) is 18.5. The van der Waals surface area contributed by atoms with E-state index in [2.05, 4.69) is 21.7 Å². The summed E-state index contributed by atoms with van der Waals surface area (Å²) in [4.78, 5) is 17.5. The van der Waals surface area contributed by atoms with E-state index in [-0.39, 0.29) is 12.5 Å². The maximum atomic E-state index is 12.1. The van der Waals surface area contributed by atoms with E-state index < -0.39 is 0 Å². The molecule has 1 heterocycles. The van der Waals surface area contributed by atoms with Crippen LogP contribution in [0.3, 0.4) is 0 Å². The number of halogens is 1. The molecule has 26 heavy (non-hydrogen) atoms. The Morgan fingerprint density at radius 3 is 2.65 bits per heavy atom. The summed E-state index contributed by atoms with van der Waals surface area (Å²) in [6, 6.07) is 13.8. The number of carbonyl (C=O) groups excluding carboxylic acids is 1. The molecule has 1 aromatic heterocycles. The summed E-state index contributed by atoms with van der Waals surface area (Å²) in [6.07, 6.45) is 2.57. The second-order valence-electron chi connectivity index (χ2n) is 6.16. The Kier molecular flexibility index (Phi) is 5.91. The molecule has 3 rings (SSSR count). The van der Waals surface area contributed by atoms with Crippen molar-refractivity contribution in [3.63, 3.8) is 0 Å². The number of amides is 1. The molecule has 0 aliphatic heterocycles. The van der Waals surface area contributed by atoms with E-state index in [9.17, 15) is 4.79 Å². The molecule has 0 aliphatic rings. The molecule has 2 aromatic carbocycles. The molecule has 2 N–H and O–H groups in total. The number of aromatic nitrogens is 1. The lowest BCUT2D eigenvalue weighted by atomic mass is 10.1. The largest absolute Gasteiger partial charge is 0.376 e. The molecule has 0 unspecified atom stereocenters. The number of anilines is 2. The Morgan fingerprint density at radius 1 is 1.15 bits per heavy atom. The third-order valence-electron chi connectivity index (χ3n) is 3.91. The molecule has 0 spiro atoms. The van der Waals surface area contributed by atoms with E-state index in [0.29, 0.717) is 5.13 Å². The van der Waals surface area contributed by atoms with Gasteiger partial charge in [-0.1, -0.05) is 41.4 Å². The highest BCUT2D eigenvalue weighted by Crippen LogP contribution is 2.22. The van der Waals surface area contributed by atoms with Crippen LogP contribution in [0.2, 0.25) is 5.02 Å². The lowest BCUT2D eigenvalue weighted by Gasteiger charge is -2.09. The van der Waals surface area contributed by atoms with Crippen molar-refractivity contribution in [3.05, 3.63) is 75.3 Å². The van der Waals surface area contributed by atoms with Crippen LogP contribution in [0.4, 0.5) is 10.8 Å². The van der Waals surface area contributed by atoms with Crippen molar-refractivity contribution in [2.24, 2.45) is 0 Å². The molecule has 0 saturated carbocycles. The summed E-state index contributed by atoms with van der Waals surface area (Å²) >= 11 is 7.39. The van der Waals surface area contributed by atoms with Gasteiger partial charge in [-0.2, -0.15) is 0 Å². The fourth-order valence-electron chi connectivity index (χ4n) is 2.60. The first-order chi connectivity index (χ1) is 12.5. The lowest BCUT2D eigenvalue weighted by Crippen LogP contribution is -2.21. The minimum absolute atomic E-state index is 0.114. The van der Waals surface area contributed by atoms with Gasteiger partial charge in [-0.05, 0) is 43.2 Å². The fraction of sp³-hybridized carbons (Fsp3) is 0.200. The zero-order valence-corrected chi connectivity index (χ0v) is 16.2. The van der Waals surface area contributed by atoms with E-state index in [4.69, 9.17) is 11.6 Å². The molecule has 3 aromatic rings. The van der Waals surface area contributed by atoms with E-state index in [0.717, 1.165) is 33.1 Å². The summed E-state index contributed by atoms with van der Waals surface area (Å²) in [5, 5.41) is 7.34. The third-order valence-corrected chi connectivity index (χ3v) is 5.08. The van der Waals surface area contributed by atoms with Gasteiger partial charge >= 0.3 is 0 Å². The van der Waals surface area contributed by atoms with E-state index in [1.807, 2.05) is 50.2 Å². The van der Waals surface area contributed by atoms with Gasteiger partial charge in [-0.3, -0.25) is 4.79 Å². The highest BCUT2D eigenvalue weighted by atomic mass is 35.5. The standard InChI is InChI=1S/C20H20ClN3OS/c1-13-3-8-18(14(2)9-13)22-12-19(25)24-20-23-11-17(26-20)10-15-4-6-16(21)7-5-15/h3-9,11,22H,10,12H2,1-2H3,(H,23,24,25). The number of aryl methyl sites for hydroxylation is 2. The number of nitrogens with one attached hydrogen (secondary N) is 2. The van der Waals surface area contributed by atoms with Crippen LogP contribution in [0.25, 0.3) is 0 Å². The van der Waals surface area contributed by atoms with Gasteiger partial charge in [-0.25, -0.2) is 4.98 Å². The first-order valence-electron chi connectivity index (χ1n) is 8.30. The summed E-state index contributed by atoms with van der Waals surface area (Å²) in [6.45, 7) is 4.28. The highest BCUT2D eigenvalue weighted by Gasteiger charge is 2.08. The second kappa shape index (κ2) is 8.34. The van der Waals surface area contributed by atoms with Crippen LogP contribution < -0.4 is 10.6 Å². The Labute approximate surface area is 162 Å². The number of carbonyl (C=O) groups is 1. The van der Waals surface area contributed by atoms with Gasteiger partial charge in [0.2, 0.25) is 5.91 Å². The van der Waals surface area contributed by atoms with Gasteiger partial charge in [0.05, 0.1) is 6.54 Å². The lowest BCUT2D eigenvalue weighted by molar-refractivity contribution is -0.114. The first kappa shape index (κ1) is 18.4. The van der Waals surface area contributed by atoms with Crippen LogP contribution in [0.15, 0.2) is 48.7 Å². The van der Waals surface area contributed by atoms with Crippen LogP contribution in [-0.4, -0.2) is 17.4 Å². The molecule has 0 aliphatic carbocycles. The Bertz CT molecular complexity index is 906. The van der Waals surface area contributed by atoms with Crippen molar-refractivity contribution < 1.29 is 4.79 Å². The van der Waals surface area contributed by atoms with Gasteiger partial charge in [0.1, 0.15) is 0 Å². The minimum atomic E-state index is -0.114. The Morgan fingerprint density at radius 2 is 1.92 bits per heavy atom. The van der Waals surface area contributed by atoms with Crippen molar-refractivity contribution >= 4 is 39.7 Å². The molecular formula is C20H20ClN3OS. The molecule has 4 nitrogen and oxygen atoms in total. The van der Waals surface area contributed by atoms with E-state index in [1.165, 1.54) is 16.9 Å². The molecule has 0 fully saturated rings. The fourth-order valence-corrected chi connectivity index (χ4v) is 3.59. The van der Waals surface area contributed by atoms with Crippen molar-refractivity contribution in [3.8, 4) is 0 Å². The first-order valence-corrected chi connectivity index (χ1v) is 9.49. The van der Waals surface area contributed by atoms with Gasteiger partial charge in [0.25, 0.3) is 0 Å². The van der Waals surface area contributed by atoms with Crippen LogP contribution in [0, 0.1) is 13.8 Å². The van der Waals surface area contributed by atoms with Gasteiger partial charge < -0.3 is 10.6 Å². The summed E-state index contributed by atoms with van der Waals surface area (Å²) in [5.74, 6) is -0.114. The van der Waals surface area contributed by atoms with Crippen molar-refractivity contribution in [1.29, 1.82) is 0 Å². The van der Waals surface area contributed by atoms with Crippen LogP contribution in [0.5, 0.6) is 0 Å². The molecule has 134 valence electrons. The Balaban J connectivity index is 1.53. The molecule has 0 bridgehead atoms. The van der Waals surface area contributed by atoms with Crippen LogP contribution >= 0.6 is 22.9 Å². The minimum Gasteiger partial charge on any atom is -0.376 e. The normalized spacial score (nSPS) is 10.6. The highest BCUT2D eigenvalue weighted by molar-refractivity contribution is 7.15. The number of rotatable bonds is 6. The van der Waals surface area contributed by atoms with E-state index in [1.54, 1.807) is 6.20 Å². The van der Waals surface area contributed by atoms with E-state index >= 15 is 0 Å². The number of benzene rings is 2. The van der Waals surface area contributed by atoms with Gasteiger partial charge in [0.15, 0.2) is 5.13 Å². The van der Waals surface area contributed by atoms with Crippen LogP contribution in [0.1, 0.15) is 21.6 Å². The predicted octanol–water partition coefficient (Wildman–Crippen LogP) is 5.05. The SMILES string of the molecule is Cc1ccc(NCC(=O)Nc2ncc(Cc3ccc(Cl)cc3)s2)c(C)c1. The van der Waals surface area contributed by atoms with Crippen molar-refractivity contribution in [2.45, 2.75) is 20.3 Å². The third kappa shape index (κ3) is 5.07. The molecular weight excluding hydrogens is 366 g/mol. The zero-order valence-electron chi connectivity index (χ0n) is 14.7. The number of hydrogen-bond donors (Lipinski definition) is 2. The number of thiazole rings is 1. The summed E-state index contributed by atoms with van der Waals surface area (Å²) in [7, 11) is 0. The van der Waals surface area contributed by atoms with Gasteiger partial charge in [0, 0.05) is 28.2 Å². The summed E-state index contributed by atoms with van der Waals surface area (Å²) in [5.41, 5.74) is 4.45. The van der Waals surface area contributed by atoms with Crippen LogP contribution in [-0.2, 0) is 11.2 Å². The maximum Gasteiger partial charge on any atom is 0.245 e. The smallest absolute Gasteiger partial charge is 0.245 e. The molecule has 1 amide bonds. The molecule has 0 atom stereocenters. The van der Waals surface area contributed by atoms with Crippen molar-refractivity contribution in [2.75, 3.05) is 17.2 Å². The van der Waals surface area contributed by atoms with Gasteiger partial charge in [-0.15, -0.1) is 11.3 Å². The quantitative estimate of drug-likeness (QED) is 0.623. The summed E-state index contributed by atoms with van der Waals surface area (Å²) < 4.78 is 0.